The average molecular weight is 217 g/mol. The minimum atomic E-state index is 0.102. The van der Waals surface area contributed by atoms with Crippen molar-refractivity contribution in [3.8, 4) is 5.75 Å². The molecule has 0 atom stereocenters. The zero-order chi connectivity index (χ0) is 11.0. The van der Waals surface area contributed by atoms with E-state index in [1.54, 1.807) is 0 Å². The molecule has 1 aromatic carbocycles. The zero-order valence-corrected chi connectivity index (χ0v) is 9.19. The van der Waals surface area contributed by atoms with Crippen molar-refractivity contribution < 1.29 is 9.53 Å². The standard InChI is InChI=1S/C13H15NO2/c15-13-9-16-12-8-4-3-7-11(12)14(13)10-5-1-2-6-10/h3-4,7-8,10H,1-2,5-6,9H2. The molecule has 3 nitrogen and oxygen atoms in total. The third kappa shape index (κ3) is 1.47. The van der Waals surface area contributed by atoms with E-state index >= 15 is 0 Å². The van der Waals surface area contributed by atoms with Crippen molar-refractivity contribution >= 4 is 11.6 Å². The summed E-state index contributed by atoms with van der Waals surface area (Å²) in [6, 6.07) is 8.20. The Balaban J connectivity index is 1.99. The van der Waals surface area contributed by atoms with Gasteiger partial charge in [0, 0.05) is 6.04 Å². The molecule has 84 valence electrons. The van der Waals surface area contributed by atoms with Crippen LogP contribution < -0.4 is 9.64 Å². The number of nitrogens with zero attached hydrogens (tertiary/aromatic N) is 1. The highest BCUT2D eigenvalue weighted by molar-refractivity contribution is 5.98. The van der Waals surface area contributed by atoms with Gasteiger partial charge in [0.1, 0.15) is 5.75 Å². The summed E-state index contributed by atoms with van der Waals surface area (Å²) in [5.41, 5.74) is 0.950. The first-order valence-corrected chi connectivity index (χ1v) is 5.90. The van der Waals surface area contributed by atoms with Crippen LogP contribution in [0.4, 0.5) is 5.69 Å². The highest BCUT2D eigenvalue weighted by atomic mass is 16.5. The molecule has 3 rings (SSSR count). The van der Waals surface area contributed by atoms with Gasteiger partial charge in [-0.05, 0) is 25.0 Å². The lowest BCUT2D eigenvalue weighted by atomic mass is 10.1. The molecule has 0 unspecified atom stereocenters. The van der Waals surface area contributed by atoms with E-state index in [1.165, 1.54) is 12.8 Å². The Bertz CT molecular complexity index is 410. The first-order chi connectivity index (χ1) is 7.86. The number of hydrogen-bond donors (Lipinski definition) is 0. The van der Waals surface area contributed by atoms with Crippen LogP contribution in [0.5, 0.6) is 5.75 Å². The number of rotatable bonds is 1. The maximum Gasteiger partial charge on any atom is 0.265 e. The number of benzene rings is 1. The maximum absolute atomic E-state index is 11.9. The van der Waals surface area contributed by atoms with E-state index in [2.05, 4.69) is 0 Å². The fourth-order valence-electron chi connectivity index (χ4n) is 2.68. The molecule has 16 heavy (non-hydrogen) atoms. The Hall–Kier alpha value is -1.51. The highest BCUT2D eigenvalue weighted by Crippen LogP contribution is 2.36. The van der Waals surface area contributed by atoms with E-state index in [0.29, 0.717) is 6.04 Å². The topological polar surface area (TPSA) is 29.5 Å². The quantitative estimate of drug-likeness (QED) is 0.722. The van der Waals surface area contributed by atoms with Crippen molar-refractivity contribution in [1.29, 1.82) is 0 Å². The Morgan fingerprint density at radius 1 is 1.19 bits per heavy atom. The van der Waals surface area contributed by atoms with Gasteiger partial charge in [-0.2, -0.15) is 0 Å². The molecule has 1 aliphatic heterocycles. The van der Waals surface area contributed by atoms with Crippen molar-refractivity contribution in [3.05, 3.63) is 24.3 Å². The van der Waals surface area contributed by atoms with Crippen LogP contribution in [0.1, 0.15) is 25.7 Å². The van der Waals surface area contributed by atoms with Crippen LogP contribution in [0.3, 0.4) is 0 Å². The first-order valence-electron chi connectivity index (χ1n) is 5.90. The molecule has 3 heteroatoms. The molecule has 0 N–H and O–H groups in total. The normalized spacial score (nSPS) is 20.8. The number of amides is 1. The fourth-order valence-corrected chi connectivity index (χ4v) is 2.68. The molecule has 2 aliphatic rings. The van der Waals surface area contributed by atoms with E-state index < -0.39 is 0 Å². The average Bonchev–Trinajstić information content (AvgIpc) is 2.82. The largest absolute Gasteiger partial charge is 0.482 e. The molecule has 1 amide bonds. The predicted octanol–water partition coefficient (Wildman–Crippen LogP) is 2.35. The van der Waals surface area contributed by atoms with Gasteiger partial charge in [0.2, 0.25) is 0 Å². The first kappa shape index (κ1) is 9.70. The van der Waals surface area contributed by atoms with Gasteiger partial charge in [-0.15, -0.1) is 0 Å². The van der Waals surface area contributed by atoms with E-state index in [0.717, 1.165) is 24.3 Å². The van der Waals surface area contributed by atoms with Gasteiger partial charge in [-0.1, -0.05) is 25.0 Å². The van der Waals surface area contributed by atoms with E-state index in [-0.39, 0.29) is 12.5 Å². The summed E-state index contributed by atoms with van der Waals surface area (Å²) in [6.45, 7) is 0.188. The Morgan fingerprint density at radius 3 is 2.75 bits per heavy atom. The lowest BCUT2D eigenvalue weighted by Gasteiger charge is -2.33. The molecule has 0 saturated heterocycles. The molecular formula is C13H15NO2. The van der Waals surface area contributed by atoms with Crippen molar-refractivity contribution in [2.45, 2.75) is 31.7 Å². The molecular weight excluding hydrogens is 202 g/mol. The number of ether oxygens (including phenoxy) is 1. The lowest BCUT2D eigenvalue weighted by molar-refractivity contribution is -0.121. The Kier molecular flexibility index (Phi) is 2.31. The SMILES string of the molecule is O=C1COc2ccccc2N1C1CCCC1. The third-order valence-electron chi connectivity index (χ3n) is 3.43. The lowest BCUT2D eigenvalue weighted by Crippen LogP contribution is -2.44. The van der Waals surface area contributed by atoms with E-state index in [1.807, 2.05) is 29.2 Å². The van der Waals surface area contributed by atoms with Gasteiger partial charge >= 0.3 is 0 Å². The summed E-state index contributed by atoms with van der Waals surface area (Å²) in [5, 5.41) is 0. The van der Waals surface area contributed by atoms with Crippen LogP contribution in [0.15, 0.2) is 24.3 Å². The molecule has 1 saturated carbocycles. The smallest absolute Gasteiger partial charge is 0.265 e. The molecule has 1 heterocycles. The molecule has 0 aromatic heterocycles. The minimum absolute atomic E-state index is 0.102. The molecule has 1 aromatic rings. The van der Waals surface area contributed by atoms with Gasteiger partial charge in [0.05, 0.1) is 5.69 Å². The van der Waals surface area contributed by atoms with Gasteiger partial charge in [-0.25, -0.2) is 0 Å². The van der Waals surface area contributed by atoms with Crippen LogP contribution in [0.2, 0.25) is 0 Å². The molecule has 0 bridgehead atoms. The summed E-state index contributed by atoms with van der Waals surface area (Å²) in [7, 11) is 0. The van der Waals surface area contributed by atoms with Crippen LogP contribution >= 0.6 is 0 Å². The van der Waals surface area contributed by atoms with Crippen molar-refractivity contribution in [3.63, 3.8) is 0 Å². The molecule has 0 spiro atoms. The second-order valence-electron chi connectivity index (χ2n) is 4.46. The summed E-state index contributed by atoms with van der Waals surface area (Å²) in [6.07, 6.45) is 4.72. The summed E-state index contributed by atoms with van der Waals surface area (Å²) in [5.74, 6) is 0.944. The minimum Gasteiger partial charge on any atom is -0.482 e. The predicted molar refractivity (Wildman–Crippen MR) is 61.7 cm³/mol. The number of carbonyl (C=O) groups excluding carboxylic acids is 1. The second-order valence-corrected chi connectivity index (χ2v) is 4.46. The van der Waals surface area contributed by atoms with E-state index in [9.17, 15) is 4.79 Å². The Morgan fingerprint density at radius 2 is 1.94 bits per heavy atom. The van der Waals surface area contributed by atoms with Crippen LogP contribution in [-0.2, 0) is 4.79 Å². The summed E-state index contributed by atoms with van der Waals surface area (Å²) < 4.78 is 5.43. The molecule has 1 aliphatic carbocycles. The summed E-state index contributed by atoms with van der Waals surface area (Å²) >= 11 is 0. The molecule has 1 fully saturated rings. The second kappa shape index (κ2) is 3.81. The van der Waals surface area contributed by atoms with Gasteiger partial charge in [0.15, 0.2) is 6.61 Å². The molecule has 0 radical (unpaired) electrons. The number of hydrogen-bond acceptors (Lipinski definition) is 2. The van der Waals surface area contributed by atoms with Crippen molar-refractivity contribution in [2.24, 2.45) is 0 Å². The Labute approximate surface area is 95.0 Å². The van der Waals surface area contributed by atoms with Gasteiger partial charge < -0.3 is 9.64 Å². The van der Waals surface area contributed by atoms with Crippen LogP contribution in [0.25, 0.3) is 0 Å². The third-order valence-corrected chi connectivity index (χ3v) is 3.43. The van der Waals surface area contributed by atoms with Gasteiger partial charge in [0.25, 0.3) is 5.91 Å². The van der Waals surface area contributed by atoms with Gasteiger partial charge in [-0.3, -0.25) is 4.79 Å². The van der Waals surface area contributed by atoms with Crippen molar-refractivity contribution in [1.82, 2.24) is 0 Å². The summed E-state index contributed by atoms with van der Waals surface area (Å²) in [4.78, 5) is 13.9. The fraction of sp³-hybridized carbons (Fsp3) is 0.462. The highest BCUT2D eigenvalue weighted by Gasteiger charge is 2.32. The number of fused-ring (bicyclic) bond motifs is 1. The number of carbonyl (C=O) groups is 1. The maximum atomic E-state index is 11.9. The van der Waals surface area contributed by atoms with Crippen LogP contribution in [0, 0.1) is 0 Å². The number of para-hydroxylation sites is 2. The zero-order valence-electron chi connectivity index (χ0n) is 9.19. The van der Waals surface area contributed by atoms with Crippen molar-refractivity contribution in [2.75, 3.05) is 11.5 Å². The van der Waals surface area contributed by atoms with E-state index in [4.69, 9.17) is 4.74 Å². The number of anilines is 1. The van der Waals surface area contributed by atoms with Crippen LogP contribution in [-0.4, -0.2) is 18.6 Å². The monoisotopic (exact) mass is 217 g/mol.